The topological polar surface area (TPSA) is 64.6 Å². The molecule has 24 heavy (non-hydrogen) atoms. The highest BCUT2D eigenvalue weighted by Crippen LogP contribution is 2.29. The highest BCUT2D eigenvalue weighted by Gasteiger charge is 2.28. The van der Waals surface area contributed by atoms with Gasteiger partial charge in [-0.05, 0) is 42.9 Å². The average Bonchev–Trinajstić information content (AvgIpc) is 2.55. The largest absolute Gasteiger partial charge is 0.482 e. The molecule has 1 fully saturated rings. The van der Waals surface area contributed by atoms with Gasteiger partial charge in [-0.3, -0.25) is 4.79 Å². The lowest BCUT2D eigenvalue weighted by Gasteiger charge is -2.34. The Bertz CT molecular complexity index is 572. The van der Waals surface area contributed by atoms with Gasteiger partial charge in [0.05, 0.1) is 0 Å². The molecule has 5 heteroatoms. The minimum Gasteiger partial charge on any atom is -0.482 e. The van der Waals surface area contributed by atoms with Crippen molar-refractivity contribution in [2.24, 2.45) is 11.8 Å². The smallest absolute Gasteiger partial charge is 0.344 e. The van der Waals surface area contributed by atoms with Gasteiger partial charge in [0.1, 0.15) is 5.75 Å². The van der Waals surface area contributed by atoms with Gasteiger partial charge in [0.15, 0.2) is 13.2 Å². The molecule has 0 aliphatic heterocycles. The number of nitrogens with one attached hydrogen (secondary N) is 1. The maximum Gasteiger partial charge on any atom is 0.344 e. The first kappa shape index (κ1) is 18.3. The monoisotopic (exact) mass is 333 g/mol. The van der Waals surface area contributed by atoms with Crippen LogP contribution in [0.4, 0.5) is 0 Å². The third-order valence-electron chi connectivity index (χ3n) is 4.76. The van der Waals surface area contributed by atoms with Crippen molar-refractivity contribution in [2.45, 2.75) is 46.1 Å². The molecule has 1 N–H and O–H groups in total. The quantitative estimate of drug-likeness (QED) is 0.813. The lowest BCUT2D eigenvalue weighted by atomic mass is 9.78. The number of ether oxygens (including phenoxy) is 2. The van der Waals surface area contributed by atoms with Crippen molar-refractivity contribution in [3.8, 4) is 5.75 Å². The van der Waals surface area contributed by atoms with Crippen molar-refractivity contribution in [3.63, 3.8) is 0 Å². The van der Waals surface area contributed by atoms with Crippen molar-refractivity contribution >= 4 is 11.9 Å². The van der Waals surface area contributed by atoms with Crippen molar-refractivity contribution in [1.29, 1.82) is 0 Å². The van der Waals surface area contributed by atoms with Gasteiger partial charge in [-0.2, -0.15) is 0 Å². The van der Waals surface area contributed by atoms with Crippen LogP contribution in [0.15, 0.2) is 24.3 Å². The van der Waals surface area contributed by atoms with E-state index in [0.717, 1.165) is 18.4 Å². The van der Waals surface area contributed by atoms with Gasteiger partial charge in [0.2, 0.25) is 0 Å². The van der Waals surface area contributed by atoms with E-state index in [1.807, 2.05) is 25.1 Å². The number of aryl methyl sites for hydroxylation is 1. The fourth-order valence-electron chi connectivity index (χ4n) is 3.07. The van der Waals surface area contributed by atoms with Crippen LogP contribution in [0.3, 0.4) is 0 Å². The molecule has 1 saturated carbocycles. The van der Waals surface area contributed by atoms with Gasteiger partial charge in [0, 0.05) is 6.04 Å². The van der Waals surface area contributed by atoms with Gasteiger partial charge in [-0.25, -0.2) is 4.79 Å². The lowest BCUT2D eigenvalue weighted by Crippen LogP contribution is -2.45. The summed E-state index contributed by atoms with van der Waals surface area (Å²) in [6.07, 6.45) is 3.32. The van der Waals surface area contributed by atoms with E-state index in [1.54, 1.807) is 6.07 Å². The normalized spacial score (nSPS) is 23.4. The first-order valence-corrected chi connectivity index (χ1v) is 8.60. The first-order chi connectivity index (χ1) is 11.5. The zero-order chi connectivity index (χ0) is 17.5. The molecule has 0 bridgehead atoms. The standard InChI is InChI=1S/C19H27NO4/c1-13-6-4-8-16(10-13)23-12-19(22)24-11-18(21)20-17-9-5-7-14(2)15(17)3/h4,6,8,10,14-15,17H,5,7,9,11-12H2,1-3H3,(H,20,21). The Balaban J connectivity index is 1.68. The van der Waals surface area contributed by atoms with Crippen molar-refractivity contribution < 1.29 is 19.1 Å². The Morgan fingerprint density at radius 3 is 2.75 bits per heavy atom. The number of carbonyl (C=O) groups is 2. The molecule has 3 unspecified atom stereocenters. The Labute approximate surface area is 143 Å². The molecule has 1 aliphatic carbocycles. The molecule has 0 aromatic heterocycles. The minimum absolute atomic E-state index is 0.170. The second kappa shape index (κ2) is 8.71. The summed E-state index contributed by atoms with van der Waals surface area (Å²) in [6.45, 7) is 5.87. The summed E-state index contributed by atoms with van der Waals surface area (Å²) in [5.41, 5.74) is 1.05. The van der Waals surface area contributed by atoms with E-state index < -0.39 is 5.97 Å². The highest BCUT2D eigenvalue weighted by atomic mass is 16.6. The summed E-state index contributed by atoms with van der Waals surface area (Å²) < 4.78 is 10.3. The predicted octanol–water partition coefficient (Wildman–Crippen LogP) is 2.86. The summed E-state index contributed by atoms with van der Waals surface area (Å²) in [6, 6.07) is 7.59. The third-order valence-corrected chi connectivity index (χ3v) is 4.76. The fraction of sp³-hybridized carbons (Fsp3) is 0.579. The molecule has 0 heterocycles. The molecule has 0 saturated heterocycles. The molecular weight excluding hydrogens is 306 g/mol. The summed E-state index contributed by atoms with van der Waals surface area (Å²) in [7, 11) is 0. The summed E-state index contributed by atoms with van der Waals surface area (Å²) in [5, 5.41) is 2.98. The van der Waals surface area contributed by atoms with E-state index in [9.17, 15) is 9.59 Å². The van der Waals surface area contributed by atoms with Crippen LogP contribution in [-0.4, -0.2) is 31.1 Å². The maximum atomic E-state index is 12.0. The fourth-order valence-corrected chi connectivity index (χ4v) is 3.07. The molecular formula is C19H27NO4. The van der Waals surface area contributed by atoms with Gasteiger partial charge in [-0.1, -0.05) is 38.8 Å². The summed E-state index contributed by atoms with van der Waals surface area (Å²) in [4.78, 5) is 23.6. The van der Waals surface area contributed by atoms with E-state index in [2.05, 4.69) is 19.2 Å². The molecule has 1 amide bonds. The number of amides is 1. The SMILES string of the molecule is Cc1cccc(OCC(=O)OCC(=O)NC2CCCC(C)C2C)c1. The maximum absolute atomic E-state index is 12.0. The molecule has 1 aromatic carbocycles. The Morgan fingerprint density at radius 1 is 1.21 bits per heavy atom. The number of hydrogen-bond donors (Lipinski definition) is 1. The van der Waals surface area contributed by atoms with Crippen LogP contribution in [0.25, 0.3) is 0 Å². The molecule has 5 nitrogen and oxygen atoms in total. The minimum atomic E-state index is -0.545. The molecule has 0 spiro atoms. The van der Waals surface area contributed by atoms with Crippen LogP contribution in [0.1, 0.15) is 38.7 Å². The number of hydrogen-bond acceptors (Lipinski definition) is 4. The molecule has 2 rings (SSSR count). The van der Waals surface area contributed by atoms with E-state index in [-0.39, 0.29) is 25.2 Å². The van der Waals surface area contributed by atoms with E-state index >= 15 is 0 Å². The Hall–Kier alpha value is -2.04. The molecule has 3 atom stereocenters. The number of rotatable bonds is 6. The van der Waals surface area contributed by atoms with Gasteiger partial charge in [-0.15, -0.1) is 0 Å². The Morgan fingerprint density at radius 2 is 2.00 bits per heavy atom. The average molecular weight is 333 g/mol. The lowest BCUT2D eigenvalue weighted by molar-refractivity contribution is -0.150. The van der Waals surface area contributed by atoms with Crippen molar-refractivity contribution in [3.05, 3.63) is 29.8 Å². The Kier molecular flexibility index (Phi) is 6.64. The van der Waals surface area contributed by atoms with Crippen molar-refractivity contribution in [2.75, 3.05) is 13.2 Å². The highest BCUT2D eigenvalue weighted by molar-refractivity contribution is 5.81. The van der Waals surface area contributed by atoms with Crippen LogP contribution in [0.5, 0.6) is 5.75 Å². The van der Waals surface area contributed by atoms with Crippen LogP contribution < -0.4 is 10.1 Å². The van der Waals surface area contributed by atoms with E-state index in [4.69, 9.17) is 9.47 Å². The number of carbonyl (C=O) groups excluding carboxylic acids is 2. The number of esters is 1. The van der Waals surface area contributed by atoms with Crippen LogP contribution in [0, 0.1) is 18.8 Å². The van der Waals surface area contributed by atoms with E-state index in [0.29, 0.717) is 17.6 Å². The van der Waals surface area contributed by atoms with Crippen molar-refractivity contribution in [1.82, 2.24) is 5.32 Å². The summed E-state index contributed by atoms with van der Waals surface area (Å²) in [5.74, 6) is 0.875. The van der Waals surface area contributed by atoms with Gasteiger partial charge in [0.25, 0.3) is 5.91 Å². The second-order valence-corrected chi connectivity index (χ2v) is 6.71. The molecule has 1 aromatic rings. The molecule has 0 radical (unpaired) electrons. The zero-order valence-electron chi connectivity index (χ0n) is 14.7. The second-order valence-electron chi connectivity index (χ2n) is 6.71. The number of benzene rings is 1. The van der Waals surface area contributed by atoms with Crippen LogP contribution >= 0.6 is 0 Å². The zero-order valence-corrected chi connectivity index (χ0v) is 14.7. The molecule has 132 valence electrons. The van der Waals surface area contributed by atoms with E-state index in [1.165, 1.54) is 6.42 Å². The molecule has 1 aliphatic rings. The van der Waals surface area contributed by atoms with Gasteiger partial charge >= 0.3 is 5.97 Å². The first-order valence-electron chi connectivity index (χ1n) is 8.60. The summed E-state index contributed by atoms with van der Waals surface area (Å²) >= 11 is 0. The van der Waals surface area contributed by atoms with Gasteiger partial charge < -0.3 is 14.8 Å². The third kappa shape index (κ3) is 5.55. The van der Waals surface area contributed by atoms with Crippen LogP contribution in [0.2, 0.25) is 0 Å². The van der Waals surface area contributed by atoms with Crippen LogP contribution in [-0.2, 0) is 14.3 Å². The predicted molar refractivity (Wildman–Crippen MR) is 91.7 cm³/mol.